The minimum absolute atomic E-state index is 0.223. The van der Waals surface area contributed by atoms with Crippen LogP contribution in [0.5, 0.6) is 0 Å². The van der Waals surface area contributed by atoms with Crippen LogP contribution in [0.25, 0.3) is 0 Å². The summed E-state index contributed by atoms with van der Waals surface area (Å²) >= 11 is 0. The Balaban J connectivity index is 1.82. The normalized spacial score (nSPS) is 20.7. The molecular formula is C19H28N2O. The number of hydrogen-bond donors (Lipinski definition) is 1. The molecule has 120 valence electrons. The molecule has 0 radical (unpaired) electrons. The summed E-state index contributed by atoms with van der Waals surface area (Å²) in [5, 5.41) is 19.5. The van der Waals surface area contributed by atoms with Crippen LogP contribution in [0.2, 0.25) is 0 Å². The Morgan fingerprint density at radius 1 is 1.36 bits per heavy atom. The first-order valence-corrected chi connectivity index (χ1v) is 8.40. The molecule has 1 aliphatic rings. The van der Waals surface area contributed by atoms with Crippen molar-refractivity contribution >= 4 is 0 Å². The number of nitrogens with zero attached hydrogens (tertiary/aromatic N) is 2. The summed E-state index contributed by atoms with van der Waals surface area (Å²) in [6, 6.07) is 12.8. The average molecular weight is 300 g/mol. The summed E-state index contributed by atoms with van der Waals surface area (Å²) in [4.78, 5) is 2.50. The summed E-state index contributed by atoms with van der Waals surface area (Å²) in [5.41, 5.74) is 0.790. The third-order valence-corrected chi connectivity index (χ3v) is 4.73. The molecule has 1 N–H and O–H groups in total. The molecule has 2 rings (SSSR count). The molecule has 0 aliphatic carbocycles. The maximum atomic E-state index is 10.4. The fourth-order valence-corrected chi connectivity index (χ4v) is 3.31. The van der Waals surface area contributed by atoms with Crippen LogP contribution in [-0.2, 0) is 0 Å². The standard InChI is InChI=1S/C19H28N2O/c1-19(2,15-20)11-7-13-21-12-6-10-17(21)14-18(22)16-8-4-3-5-9-16/h3-5,8-9,17-18,22H,6-7,10-14H2,1-2H3. The minimum atomic E-state index is -0.373. The summed E-state index contributed by atoms with van der Waals surface area (Å²) in [5.74, 6) is 0. The lowest BCUT2D eigenvalue weighted by Gasteiger charge is -2.27. The lowest BCUT2D eigenvalue weighted by molar-refractivity contribution is 0.119. The third-order valence-electron chi connectivity index (χ3n) is 4.73. The molecule has 1 saturated heterocycles. The molecule has 3 nitrogen and oxygen atoms in total. The van der Waals surface area contributed by atoms with Crippen molar-refractivity contribution in [1.82, 2.24) is 4.90 Å². The Morgan fingerprint density at radius 2 is 2.09 bits per heavy atom. The number of nitriles is 1. The van der Waals surface area contributed by atoms with Gasteiger partial charge < -0.3 is 10.0 Å². The molecule has 22 heavy (non-hydrogen) atoms. The van der Waals surface area contributed by atoms with E-state index in [1.807, 2.05) is 44.2 Å². The molecule has 1 fully saturated rings. The van der Waals surface area contributed by atoms with Crippen LogP contribution < -0.4 is 0 Å². The fourth-order valence-electron chi connectivity index (χ4n) is 3.31. The zero-order chi connectivity index (χ0) is 16.0. The smallest absolute Gasteiger partial charge is 0.0805 e. The Bertz CT molecular complexity index is 492. The topological polar surface area (TPSA) is 47.3 Å². The molecule has 0 saturated carbocycles. The highest BCUT2D eigenvalue weighted by atomic mass is 16.3. The molecule has 1 heterocycles. The first-order chi connectivity index (χ1) is 10.5. The maximum absolute atomic E-state index is 10.4. The first kappa shape index (κ1) is 17.0. The summed E-state index contributed by atoms with van der Waals surface area (Å²) < 4.78 is 0. The number of benzene rings is 1. The van der Waals surface area contributed by atoms with Crippen LogP contribution in [0, 0.1) is 16.7 Å². The van der Waals surface area contributed by atoms with Gasteiger partial charge in [-0.2, -0.15) is 5.26 Å². The predicted octanol–water partition coefficient (Wildman–Crippen LogP) is 3.90. The molecule has 1 aliphatic heterocycles. The van der Waals surface area contributed by atoms with E-state index in [9.17, 15) is 5.11 Å². The zero-order valence-electron chi connectivity index (χ0n) is 13.8. The molecule has 2 atom stereocenters. The van der Waals surface area contributed by atoms with E-state index in [-0.39, 0.29) is 11.5 Å². The molecule has 1 aromatic rings. The van der Waals surface area contributed by atoms with Gasteiger partial charge in [-0.1, -0.05) is 30.3 Å². The largest absolute Gasteiger partial charge is 0.388 e. The molecule has 0 bridgehead atoms. The van der Waals surface area contributed by atoms with Crippen molar-refractivity contribution in [3.05, 3.63) is 35.9 Å². The van der Waals surface area contributed by atoms with Crippen molar-refractivity contribution in [2.24, 2.45) is 5.41 Å². The van der Waals surface area contributed by atoms with Crippen molar-refractivity contribution in [1.29, 1.82) is 5.26 Å². The highest BCUT2D eigenvalue weighted by Crippen LogP contribution is 2.28. The summed E-state index contributed by atoms with van der Waals surface area (Å²) in [7, 11) is 0. The number of aliphatic hydroxyl groups is 1. The van der Waals surface area contributed by atoms with Gasteiger partial charge in [0.15, 0.2) is 0 Å². The molecule has 0 spiro atoms. The fraction of sp³-hybridized carbons (Fsp3) is 0.632. The van der Waals surface area contributed by atoms with Crippen LogP contribution in [0.15, 0.2) is 30.3 Å². The quantitative estimate of drug-likeness (QED) is 0.830. The van der Waals surface area contributed by atoms with E-state index in [0.717, 1.165) is 37.9 Å². The van der Waals surface area contributed by atoms with Crippen molar-refractivity contribution in [3.63, 3.8) is 0 Å². The van der Waals surface area contributed by atoms with E-state index in [4.69, 9.17) is 5.26 Å². The van der Waals surface area contributed by atoms with Gasteiger partial charge in [-0.15, -0.1) is 0 Å². The van der Waals surface area contributed by atoms with Crippen LogP contribution in [0.1, 0.15) is 57.6 Å². The lowest BCUT2D eigenvalue weighted by atomic mass is 9.89. The van der Waals surface area contributed by atoms with Gasteiger partial charge in [-0.05, 0) is 64.6 Å². The molecular weight excluding hydrogens is 272 g/mol. The molecule has 3 heteroatoms. The van der Waals surface area contributed by atoms with Crippen LogP contribution >= 0.6 is 0 Å². The first-order valence-electron chi connectivity index (χ1n) is 8.40. The van der Waals surface area contributed by atoms with E-state index in [1.54, 1.807) is 0 Å². The monoisotopic (exact) mass is 300 g/mol. The van der Waals surface area contributed by atoms with Gasteiger partial charge in [-0.3, -0.25) is 0 Å². The van der Waals surface area contributed by atoms with E-state index in [0.29, 0.717) is 6.04 Å². The third kappa shape index (κ3) is 4.83. The van der Waals surface area contributed by atoms with Gasteiger partial charge in [0.25, 0.3) is 0 Å². The molecule has 2 unspecified atom stereocenters. The molecule has 0 aromatic heterocycles. The van der Waals surface area contributed by atoms with Crippen LogP contribution in [0.3, 0.4) is 0 Å². The Morgan fingerprint density at radius 3 is 2.77 bits per heavy atom. The number of likely N-dealkylation sites (tertiary alicyclic amines) is 1. The second-order valence-electron chi connectivity index (χ2n) is 7.09. The van der Waals surface area contributed by atoms with Gasteiger partial charge in [0.1, 0.15) is 0 Å². The zero-order valence-corrected chi connectivity index (χ0v) is 13.8. The van der Waals surface area contributed by atoms with E-state index in [1.165, 1.54) is 12.8 Å². The Hall–Kier alpha value is -1.37. The van der Waals surface area contributed by atoms with Crippen molar-refractivity contribution < 1.29 is 5.11 Å². The molecule has 1 aromatic carbocycles. The maximum Gasteiger partial charge on any atom is 0.0805 e. The Labute approximate surface area is 134 Å². The SMILES string of the molecule is CC(C)(C#N)CCCN1CCCC1CC(O)c1ccccc1. The number of aliphatic hydroxyl groups excluding tert-OH is 1. The van der Waals surface area contributed by atoms with E-state index in [2.05, 4.69) is 11.0 Å². The number of rotatable bonds is 7. The van der Waals surface area contributed by atoms with Crippen LogP contribution in [0.4, 0.5) is 0 Å². The number of hydrogen-bond acceptors (Lipinski definition) is 3. The van der Waals surface area contributed by atoms with Gasteiger partial charge >= 0.3 is 0 Å². The highest BCUT2D eigenvalue weighted by Gasteiger charge is 2.27. The minimum Gasteiger partial charge on any atom is -0.388 e. The van der Waals surface area contributed by atoms with Gasteiger partial charge in [-0.25, -0.2) is 0 Å². The van der Waals surface area contributed by atoms with Gasteiger partial charge in [0.2, 0.25) is 0 Å². The highest BCUT2D eigenvalue weighted by molar-refractivity contribution is 5.17. The second kappa shape index (κ2) is 7.76. The summed E-state index contributed by atoms with van der Waals surface area (Å²) in [6.07, 6.45) is 4.82. The van der Waals surface area contributed by atoms with Crippen molar-refractivity contribution in [2.45, 2.75) is 58.1 Å². The Kier molecular flexibility index (Phi) is 5.99. The van der Waals surface area contributed by atoms with Crippen LogP contribution in [-0.4, -0.2) is 29.1 Å². The van der Waals surface area contributed by atoms with Gasteiger partial charge in [0, 0.05) is 6.04 Å². The predicted molar refractivity (Wildman–Crippen MR) is 89.2 cm³/mol. The van der Waals surface area contributed by atoms with E-state index >= 15 is 0 Å². The van der Waals surface area contributed by atoms with E-state index < -0.39 is 0 Å². The second-order valence-corrected chi connectivity index (χ2v) is 7.09. The van der Waals surface area contributed by atoms with Gasteiger partial charge in [0.05, 0.1) is 17.6 Å². The average Bonchev–Trinajstić information content (AvgIpc) is 2.95. The van der Waals surface area contributed by atoms with Crippen molar-refractivity contribution in [3.8, 4) is 6.07 Å². The molecule has 0 amide bonds. The lowest BCUT2D eigenvalue weighted by Crippen LogP contribution is -2.32. The van der Waals surface area contributed by atoms with Crippen molar-refractivity contribution in [2.75, 3.05) is 13.1 Å². The summed E-state index contributed by atoms with van der Waals surface area (Å²) in [6.45, 7) is 6.18.